The van der Waals surface area contributed by atoms with E-state index in [-0.39, 0.29) is 24.2 Å². The number of hydrogen-bond donors (Lipinski definition) is 0. The zero-order chi connectivity index (χ0) is 34.4. The first-order chi connectivity index (χ1) is 25.0. The Morgan fingerprint density at radius 2 is 0.979 bits per heavy atom. The number of fused-ring (bicyclic) bond motifs is 8. The number of hydrogen-bond acceptors (Lipinski definition) is 1. The molecule has 218 valence electrons. The molecule has 0 aliphatic heterocycles. The van der Waals surface area contributed by atoms with E-state index in [9.17, 15) is 1.37 Å². The molecule has 0 radical (unpaired) electrons. The molecule has 0 bridgehead atoms. The smallest absolute Gasteiger partial charge is 0.136 e. The van der Waals surface area contributed by atoms with E-state index in [0.717, 1.165) is 66.1 Å². The van der Waals surface area contributed by atoms with Gasteiger partial charge in [-0.25, -0.2) is 0 Å². The second kappa shape index (κ2) is 10.2. The monoisotopic (exact) mass is 600 g/mol. The van der Waals surface area contributed by atoms with Gasteiger partial charge in [-0.1, -0.05) is 139 Å². The third-order valence-corrected chi connectivity index (χ3v) is 9.55. The zero-order valence-electron chi connectivity index (χ0n) is 29.3. The highest BCUT2D eigenvalue weighted by Crippen LogP contribution is 2.45. The minimum atomic E-state index is -0.244. The summed E-state index contributed by atoms with van der Waals surface area (Å²) >= 11 is 0. The van der Waals surface area contributed by atoms with Gasteiger partial charge in [0.05, 0.1) is 5.48 Å². The molecule has 1 nitrogen and oxygen atoms in total. The third-order valence-electron chi connectivity index (χ3n) is 9.55. The molecule has 0 fully saturated rings. The lowest BCUT2D eigenvalue weighted by molar-refractivity contribution is 0.669. The van der Waals surface area contributed by atoms with E-state index in [2.05, 4.69) is 84.9 Å². The van der Waals surface area contributed by atoms with Crippen molar-refractivity contribution >= 4 is 65.0 Å². The Bertz CT molecular complexity index is 3070. The summed E-state index contributed by atoms with van der Waals surface area (Å²) in [4.78, 5) is 0. The van der Waals surface area contributed by atoms with E-state index in [1.807, 2.05) is 60.7 Å². The predicted molar refractivity (Wildman–Crippen MR) is 200 cm³/mol. The van der Waals surface area contributed by atoms with Crippen LogP contribution in [0.15, 0.2) is 174 Å². The lowest BCUT2D eigenvalue weighted by Crippen LogP contribution is -1.90. The van der Waals surface area contributed by atoms with Crippen LogP contribution in [-0.2, 0) is 0 Å². The molecule has 10 aromatic rings. The molecule has 47 heavy (non-hydrogen) atoms. The maximum atomic E-state index is 9.22. The summed E-state index contributed by atoms with van der Waals surface area (Å²) in [6.07, 6.45) is 0. The standard InChI is InChI=1S/C46H28O/c1-2-12-29(13-3-1)45-37-18-8-10-20-39(37)46(40-21-11-9-19-38(40)45)32-23-25-43-42(27-32)36-24-22-31(28-44(36)47-43)41-26-30-14-4-5-15-33(30)34-16-6-7-17-35(34)41/h1-28H/i8D,10D,18D,20D. The van der Waals surface area contributed by atoms with Crippen LogP contribution in [0.5, 0.6) is 0 Å². The van der Waals surface area contributed by atoms with Gasteiger partial charge in [-0.3, -0.25) is 0 Å². The van der Waals surface area contributed by atoms with Gasteiger partial charge in [0, 0.05) is 10.8 Å². The molecule has 0 aliphatic rings. The SMILES string of the molecule is [2H]c1c([2H])c([2H])c2c(-c3ccc4oc5cc(-c6cc7ccccc7c7ccccc67)ccc5c4c3)c3ccccc3c(-c3ccccc3)c2c1[2H]. The van der Waals surface area contributed by atoms with Gasteiger partial charge >= 0.3 is 0 Å². The van der Waals surface area contributed by atoms with Crippen LogP contribution < -0.4 is 0 Å². The van der Waals surface area contributed by atoms with Crippen molar-refractivity contribution in [3.63, 3.8) is 0 Å². The minimum Gasteiger partial charge on any atom is -0.456 e. The Morgan fingerprint density at radius 3 is 1.74 bits per heavy atom. The topological polar surface area (TPSA) is 13.1 Å². The van der Waals surface area contributed by atoms with E-state index in [1.54, 1.807) is 0 Å². The van der Waals surface area contributed by atoms with Crippen molar-refractivity contribution in [2.75, 3.05) is 0 Å². The highest BCUT2D eigenvalue weighted by Gasteiger charge is 2.18. The Balaban J connectivity index is 1.23. The quantitative estimate of drug-likeness (QED) is 0.145. The average molecular weight is 601 g/mol. The van der Waals surface area contributed by atoms with Crippen LogP contribution in [0, 0.1) is 0 Å². The van der Waals surface area contributed by atoms with Gasteiger partial charge in [-0.05, 0) is 107 Å². The van der Waals surface area contributed by atoms with Gasteiger partial charge in [0.2, 0.25) is 0 Å². The van der Waals surface area contributed by atoms with Gasteiger partial charge in [-0.2, -0.15) is 0 Å². The molecule has 10 rings (SSSR count). The van der Waals surface area contributed by atoms with Crippen molar-refractivity contribution in [3.8, 4) is 33.4 Å². The van der Waals surface area contributed by atoms with Crippen LogP contribution in [0.4, 0.5) is 0 Å². The van der Waals surface area contributed by atoms with E-state index in [0.29, 0.717) is 10.8 Å². The number of furan rings is 1. The summed E-state index contributed by atoms with van der Waals surface area (Å²) in [7, 11) is 0. The summed E-state index contributed by atoms with van der Waals surface area (Å²) in [5.41, 5.74) is 7.12. The molecule has 9 aromatic carbocycles. The zero-order valence-corrected chi connectivity index (χ0v) is 25.3. The molecular formula is C46H28O. The number of rotatable bonds is 3. The fourth-order valence-corrected chi connectivity index (χ4v) is 7.47. The fraction of sp³-hybridized carbons (Fsp3) is 0. The second-order valence-electron chi connectivity index (χ2n) is 12.1. The normalized spacial score (nSPS) is 13.0. The highest BCUT2D eigenvalue weighted by molar-refractivity contribution is 6.22. The minimum absolute atomic E-state index is 0.0413. The van der Waals surface area contributed by atoms with E-state index < -0.39 is 0 Å². The third kappa shape index (κ3) is 3.97. The maximum absolute atomic E-state index is 9.22. The summed E-state index contributed by atoms with van der Waals surface area (Å²) in [5.74, 6) is 0. The molecule has 1 aromatic heterocycles. The largest absolute Gasteiger partial charge is 0.456 e. The Hall–Kier alpha value is -6.18. The Kier molecular flexibility index (Phi) is 4.83. The van der Waals surface area contributed by atoms with Crippen molar-refractivity contribution in [2.24, 2.45) is 0 Å². The molecule has 0 unspecified atom stereocenters. The van der Waals surface area contributed by atoms with Crippen molar-refractivity contribution in [2.45, 2.75) is 0 Å². The molecular weight excluding hydrogens is 569 g/mol. The van der Waals surface area contributed by atoms with Gasteiger partial charge in [-0.15, -0.1) is 0 Å². The van der Waals surface area contributed by atoms with Crippen LogP contribution >= 0.6 is 0 Å². The fourth-order valence-electron chi connectivity index (χ4n) is 7.47. The van der Waals surface area contributed by atoms with E-state index in [1.165, 1.54) is 21.5 Å². The highest BCUT2D eigenvalue weighted by atomic mass is 16.3. The molecule has 0 N–H and O–H groups in total. The van der Waals surface area contributed by atoms with Crippen molar-refractivity contribution in [1.82, 2.24) is 0 Å². The lowest BCUT2D eigenvalue weighted by atomic mass is 9.86. The van der Waals surface area contributed by atoms with Crippen molar-refractivity contribution < 1.29 is 9.90 Å². The first kappa shape index (κ1) is 22.3. The summed E-state index contributed by atoms with van der Waals surface area (Å²) in [6.45, 7) is 0. The van der Waals surface area contributed by atoms with E-state index in [4.69, 9.17) is 8.53 Å². The molecule has 0 spiro atoms. The Labute approximate surface area is 277 Å². The van der Waals surface area contributed by atoms with Gasteiger partial charge in [0.15, 0.2) is 0 Å². The van der Waals surface area contributed by atoms with Crippen LogP contribution in [0.1, 0.15) is 5.48 Å². The molecule has 1 heteroatoms. The maximum Gasteiger partial charge on any atom is 0.136 e. The summed E-state index contributed by atoms with van der Waals surface area (Å²) in [6, 6.07) is 49.2. The van der Waals surface area contributed by atoms with Crippen LogP contribution in [-0.4, -0.2) is 0 Å². The van der Waals surface area contributed by atoms with E-state index >= 15 is 0 Å². The van der Waals surface area contributed by atoms with Crippen molar-refractivity contribution in [3.05, 3.63) is 170 Å². The summed E-state index contributed by atoms with van der Waals surface area (Å²) < 4.78 is 42.2. The molecule has 0 aliphatic carbocycles. The predicted octanol–water partition coefficient (Wildman–Crippen LogP) is 13.2. The Morgan fingerprint density at radius 1 is 0.362 bits per heavy atom. The second-order valence-corrected chi connectivity index (χ2v) is 12.1. The molecule has 1 heterocycles. The molecule has 0 saturated heterocycles. The van der Waals surface area contributed by atoms with Gasteiger partial charge < -0.3 is 4.42 Å². The van der Waals surface area contributed by atoms with Gasteiger partial charge in [0.25, 0.3) is 0 Å². The summed E-state index contributed by atoms with van der Waals surface area (Å²) in [5, 5.41) is 9.65. The van der Waals surface area contributed by atoms with Crippen molar-refractivity contribution in [1.29, 1.82) is 0 Å². The lowest BCUT2D eigenvalue weighted by Gasteiger charge is -2.17. The number of benzene rings is 9. The first-order valence-electron chi connectivity index (χ1n) is 17.9. The average Bonchev–Trinajstić information content (AvgIpc) is 3.55. The van der Waals surface area contributed by atoms with Gasteiger partial charge in [0.1, 0.15) is 11.2 Å². The molecule has 0 amide bonds. The van der Waals surface area contributed by atoms with Crippen LogP contribution in [0.3, 0.4) is 0 Å². The molecule has 0 saturated carbocycles. The van der Waals surface area contributed by atoms with Crippen LogP contribution in [0.2, 0.25) is 0 Å². The van der Waals surface area contributed by atoms with Crippen LogP contribution in [0.25, 0.3) is 98.4 Å². The first-order valence-corrected chi connectivity index (χ1v) is 15.9. The molecule has 0 atom stereocenters.